The van der Waals surface area contributed by atoms with Crippen molar-refractivity contribution in [2.24, 2.45) is 4.99 Å². The highest BCUT2D eigenvalue weighted by molar-refractivity contribution is 5.80. The van der Waals surface area contributed by atoms with Crippen LogP contribution < -0.4 is 10.6 Å². The molecule has 0 saturated heterocycles. The largest absolute Gasteiger partial charge is 0.353 e. The van der Waals surface area contributed by atoms with Gasteiger partial charge in [0.15, 0.2) is 5.96 Å². The summed E-state index contributed by atoms with van der Waals surface area (Å²) in [6, 6.07) is 17.5. The van der Waals surface area contributed by atoms with E-state index in [9.17, 15) is 4.39 Å². The number of nitrogens with one attached hydrogen (secondary N) is 2. The van der Waals surface area contributed by atoms with Crippen molar-refractivity contribution in [3.8, 4) is 0 Å². The molecule has 1 aliphatic rings. The first-order valence-electron chi connectivity index (χ1n) is 7.53. The Morgan fingerprint density at radius 1 is 1.14 bits per heavy atom. The molecule has 2 aromatic rings. The second-order valence-corrected chi connectivity index (χ2v) is 5.56. The molecule has 1 saturated carbocycles. The van der Waals surface area contributed by atoms with Crippen LogP contribution in [0.3, 0.4) is 0 Å². The summed E-state index contributed by atoms with van der Waals surface area (Å²) >= 11 is 0. The average molecular weight is 297 g/mol. The predicted molar refractivity (Wildman–Crippen MR) is 87.3 cm³/mol. The van der Waals surface area contributed by atoms with Crippen molar-refractivity contribution in [3.63, 3.8) is 0 Å². The topological polar surface area (TPSA) is 36.4 Å². The van der Waals surface area contributed by atoms with E-state index in [2.05, 4.69) is 39.9 Å². The molecule has 22 heavy (non-hydrogen) atoms. The minimum atomic E-state index is -0.213. The maximum absolute atomic E-state index is 12.9. The summed E-state index contributed by atoms with van der Waals surface area (Å²) in [7, 11) is 1.76. The number of benzene rings is 2. The van der Waals surface area contributed by atoms with Gasteiger partial charge in [0.1, 0.15) is 5.82 Å². The molecule has 1 aliphatic carbocycles. The van der Waals surface area contributed by atoms with Crippen LogP contribution in [0.5, 0.6) is 0 Å². The SMILES string of the molecule is CN=C(NCc1ccc(F)cc1)NC1CC1c1ccccc1. The lowest BCUT2D eigenvalue weighted by Crippen LogP contribution is -2.38. The Hall–Kier alpha value is -2.36. The molecule has 0 amide bonds. The van der Waals surface area contributed by atoms with Crippen molar-refractivity contribution in [2.45, 2.75) is 24.9 Å². The Balaban J connectivity index is 1.50. The number of rotatable bonds is 4. The molecule has 3 rings (SSSR count). The molecule has 1 fully saturated rings. The summed E-state index contributed by atoms with van der Waals surface area (Å²) < 4.78 is 12.9. The summed E-state index contributed by atoms with van der Waals surface area (Å²) in [6.07, 6.45) is 1.13. The molecule has 0 heterocycles. The molecule has 114 valence electrons. The normalized spacial score (nSPS) is 20.5. The second-order valence-electron chi connectivity index (χ2n) is 5.56. The van der Waals surface area contributed by atoms with Gasteiger partial charge in [0.05, 0.1) is 0 Å². The standard InChI is InChI=1S/C18H20FN3/c1-20-18(21-12-13-7-9-15(19)10-8-13)22-17-11-16(17)14-5-3-2-4-6-14/h2-10,16-17H,11-12H2,1H3,(H2,20,21,22). The van der Waals surface area contributed by atoms with Crippen molar-refractivity contribution in [3.05, 3.63) is 71.5 Å². The van der Waals surface area contributed by atoms with Crippen LogP contribution in [0.1, 0.15) is 23.5 Å². The van der Waals surface area contributed by atoms with E-state index in [-0.39, 0.29) is 5.82 Å². The Morgan fingerprint density at radius 2 is 1.86 bits per heavy atom. The Labute approximate surface area is 130 Å². The first-order chi connectivity index (χ1) is 10.8. The summed E-state index contributed by atoms with van der Waals surface area (Å²) in [5, 5.41) is 6.70. The Kier molecular flexibility index (Phi) is 4.37. The fourth-order valence-corrected chi connectivity index (χ4v) is 2.58. The third kappa shape index (κ3) is 3.64. The van der Waals surface area contributed by atoms with Gasteiger partial charge in [-0.05, 0) is 29.7 Å². The number of nitrogens with zero attached hydrogens (tertiary/aromatic N) is 1. The number of hydrogen-bond donors (Lipinski definition) is 2. The first kappa shape index (κ1) is 14.6. The molecule has 0 aromatic heterocycles. The van der Waals surface area contributed by atoms with E-state index in [1.807, 2.05) is 6.07 Å². The fourth-order valence-electron chi connectivity index (χ4n) is 2.58. The van der Waals surface area contributed by atoms with Crippen molar-refractivity contribution >= 4 is 5.96 Å². The predicted octanol–water partition coefficient (Wildman–Crippen LogP) is 3.05. The molecule has 0 radical (unpaired) electrons. The van der Waals surface area contributed by atoms with Gasteiger partial charge >= 0.3 is 0 Å². The van der Waals surface area contributed by atoms with Crippen LogP contribution in [-0.4, -0.2) is 19.0 Å². The molecular formula is C18H20FN3. The molecule has 2 aromatic carbocycles. The van der Waals surface area contributed by atoms with Crippen LogP contribution in [-0.2, 0) is 6.54 Å². The minimum Gasteiger partial charge on any atom is -0.353 e. The van der Waals surface area contributed by atoms with E-state index >= 15 is 0 Å². The van der Waals surface area contributed by atoms with Crippen LogP contribution in [0.25, 0.3) is 0 Å². The van der Waals surface area contributed by atoms with Gasteiger partial charge in [-0.3, -0.25) is 4.99 Å². The van der Waals surface area contributed by atoms with Gasteiger partial charge in [0, 0.05) is 25.6 Å². The highest BCUT2D eigenvalue weighted by atomic mass is 19.1. The monoisotopic (exact) mass is 297 g/mol. The maximum atomic E-state index is 12.9. The number of hydrogen-bond acceptors (Lipinski definition) is 1. The molecular weight excluding hydrogens is 277 g/mol. The number of guanidine groups is 1. The zero-order chi connectivity index (χ0) is 15.4. The summed E-state index contributed by atoms with van der Waals surface area (Å²) in [4.78, 5) is 4.25. The van der Waals surface area contributed by atoms with E-state index in [1.54, 1.807) is 19.2 Å². The van der Waals surface area contributed by atoms with Crippen molar-refractivity contribution < 1.29 is 4.39 Å². The maximum Gasteiger partial charge on any atom is 0.191 e. The van der Waals surface area contributed by atoms with Gasteiger partial charge in [0.2, 0.25) is 0 Å². The highest BCUT2D eigenvalue weighted by Gasteiger charge is 2.38. The van der Waals surface area contributed by atoms with Crippen molar-refractivity contribution in [1.82, 2.24) is 10.6 Å². The lowest BCUT2D eigenvalue weighted by molar-refractivity contribution is 0.626. The van der Waals surface area contributed by atoms with Gasteiger partial charge < -0.3 is 10.6 Å². The summed E-state index contributed by atoms with van der Waals surface area (Å²) in [5.74, 6) is 1.13. The molecule has 2 atom stereocenters. The van der Waals surface area contributed by atoms with Crippen LogP contribution in [0, 0.1) is 5.82 Å². The summed E-state index contributed by atoms with van der Waals surface area (Å²) in [5.41, 5.74) is 2.40. The van der Waals surface area contributed by atoms with Gasteiger partial charge in [0.25, 0.3) is 0 Å². The van der Waals surface area contributed by atoms with Crippen molar-refractivity contribution in [2.75, 3.05) is 7.05 Å². The van der Waals surface area contributed by atoms with Gasteiger partial charge in [-0.15, -0.1) is 0 Å². The quantitative estimate of drug-likeness (QED) is 0.672. The third-order valence-corrected chi connectivity index (χ3v) is 3.94. The molecule has 2 N–H and O–H groups in total. The van der Waals surface area contributed by atoms with Crippen LogP contribution in [0.15, 0.2) is 59.6 Å². The van der Waals surface area contributed by atoms with E-state index in [1.165, 1.54) is 17.7 Å². The lowest BCUT2D eigenvalue weighted by Gasteiger charge is -2.12. The van der Waals surface area contributed by atoms with E-state index in [4.69, 9.17) is 0 Å². The minimum absolute atomic E-state index is 0.213. The fraction of sp³-hybridized carbons (Fsp3) is 0.278. The van der Waals surface area contributed by atoms with Crippen molar-refractivity contribution in [1.29, 1.82) is 0 Å². The second kappa shape index (κ2) is 6.60. The van der Waals surface area contributed by atoms with Gasteiger partial charge in [-0.25, -0.2) is 4.39 Å². The molecule has 2 unspecified atom stereocenters. The molecule has 0 aliphatic heterocycles. The highest BCUT2D eigenvalue weighted by Crippen LogP contribution is 2.40. The molecule has 4 heteroatoms. The van der Waals surface area contributed by atoms with E-state index in [0.29, 0.717) is 18.5 Å². The van der Waals surface area contributed by atoms with E-state index in [0.717, 1.165) is 17.9 Å². The molecule has 3 nitrogen and oxygen atoms in total. The Morgan fingerprint density at radius 3 is 2.55 bits per heavy atom. The smallest absolute Gasteiger partial charge is 0.191 e. The van der Waals surface area contributed by atoms with Crippen LogP contribution in [0.4, 0.5) is 4.39 Å². The summed E-state index contributed by atoms with van der Waals surface area (Å²) in [6.45, 7) is 0.628. The zero-order valence-electron chi connectivity index (χ0n) is 12.6. The number of halogens is 1. The van der Waals surface area contributed by atoms with Crippen LogP contribution in [0.2, 0.25) is 0 Å². The Bertz CT molecular complexity index is 637. The van der Waals surface area contributed by atoms with E-state index < -0.39 is 0 Å². The lowest BCUT2D eigenvalue weighted by atomic mass is 10.1. The third-order valence-electron chi connectivity index (χ3n) is 3.94. The zero-order valence-corrected chi connectivity index (χ0v) is 12.6. The van der Waals surface area contributed by atoms with Gasteiger partial charge in [-0.1, -0.05) is 42.5 Å². The van der Waals surface area contributed by atoms with Crippen LogP contribution >= 0.6 is 0 Å². The average Bonchev–Trinajstić information content (AvgIpc) is 3.33. The first-order valence-corrected chi connectivity index (χ1v) is 7.53. The molecule has 0 bridgehead atoms. The molecule has 0 spiro atoms. The van der Waals surface area contributed by atoms with Gasteiger partial charge in [-0.2, -0.15) is 0 Å². The number of aliphatic imine (C=N–C) groups is 1.